The number of carbonyl (C=O) groups excluding carboxylic acids is 8. The largest absolute Gasteiger partial charge is 0.455 e. The van der Waals surface area contributed by atoms with Crippen LogP contribution in [0.2, 0.25) is 0 Å². The Kier molecular flexibility index (Phi) is 13.7. The molecule has 3 unspecified atom stereocenters. The van der Waals surface area contributed by atoms with Crippen LogP contribution in [-0.4, -0.2) is 106 Å². The maximum absolute atomic E-state index is 15.4. The van der Waals surface area contributed by atoms with E-state index in [9.17, 15) is 39.0 Å². The van der Waals surface area contributed by atoms with Gasteiger partial charge in [-0.2, -0.15) is 0 Å². The molecule has 2 bridgehead atoms. The molecule has 11 atom stereocenters. The Balaban J connectivity index is 1.19. The summed E-state index contributed by atoms with van der Waals surface area (Å²) in [6, 6.07) is 23.0. The van der Waals surface area contributed by atoms with Crippen LogP contribution in [0.5, 0.6) is 0 Å². The number of fused-ring (bicyclic) bond motifs is 5. The maximum atomic E-state index is 15.4. The van der Waals surface area contributed by atoms with Gasteiger partial charge in [0, 0.05) is 53.9 Å². The Hall–Kier alpha value is -6.36. The molecule has 3 saturated carbocycles. The minimum absolute atomic E-state index is 0.0726. The van der Waals surface area contributed by atoms with Crippen molar-refractivity contribution >= 4 is 47.1 Å². The summed E-state index contributed by atoms with van der Waals surface area (Å²) in [7, 11) is 0. The van der Waals surface area contributed by atoms with Crippen molar-refractivity contribution in [3.8, 4) is 0 Å². The zero-order chi connectivity index (χ0) is 50.5. The quantitative estimate of drug-likeness (QED) is 0.0851. The first-order valence-corrected chi connectivity index (χ1v) is 23.7. The molecule has 3 aromatic rings. The van der Waals surface area contributed by atoms with Gasteiger partial charge in [0.2, 0.25) is 12.2 Å². The monoisotopic (exact) mass is 961 g/mol. The van der Waals surface area contributed by atoms with Gasteiger partial charge in [0.1, 0.15) is 29.6 Å². The number of ether oxygens (including phenoxy) is 5. The molecule has 16 nitrogen and oxygen atoms in total. The summed E-state index contributed by atoms with van der Waals surface area (Å²) in [4.78, 5) is 110. The van der Waals surface area contributed by atoms with Gasteiger partial charge in [-0.25, -0.2) is 9.59 Å². The highest BCUT2D eigenvalue weighted by molar-refractivity contribution is 6.12. The second kappa shape index (κ2) is 19.1. The van der Waals surface area contributed by atoms with Crippen molar-refractivity contribution in [1.82, 2.24) is 5.32 Å². The van der Waals surface area contributed by atoms with Crippen LogP contribution >= 0.6 is 0 Å². The molecule has 0 aromatic heterocycles. The van der Waals surface area contributed by atoms with Crippen LogP contribution in [0.15, 0.2) is 102 Å². The van der Waals surface area contributed by atoms with Crippen LogP contribution in [0.1, 0.15) is 112 Å². The van der Waals surface area contributed by atoms with Crippen molar-refractivity contribution in [3.63, 3.8) is 0 Å². The normalized spacial score (nSPS) is 31.1. The van der Waals surface area contributed by atoms with E-state index in [2.05, 4.69) is 5.32 Å². The molecule has 70 heavy (non-hydrogen) atoms. The molecular weight excluding hydrogens is 903 g/mol. The zero-order valence-electron chi connectivity index (χ0n) is 40.0. The highest BCUT2D eigenvalue weighted by atomic mass is 16.6. The molecule has 1 saturated heterocycles. The maximum Gasteiger partial charge on any atom is 0.350 e. The number of ketones is 3. The highest BCUT2D eigenvalue weighted by Crippen LogP contribution is 2.66. The minimum Gasteiger partial charge on any atom is -0.455 e. The lowest BCUT2D eigenvalue weighted by molar-refractivity contribution is -0.312. The van der Waals surface area contributed by atoms with Crippen molar-refractivity contribution in [2.45, 2.75) is 128 Å². The predicted octanol–water partition coefficient (Wildman–Crippen LogP) is 5.32. The van der Waals surface area contributed by atoms with E-state index in [4.69, 9.17) is 23.7 Å². The summed E-state index contributed by atoms with van der Waals surface area (Å²) in [6.45, 7) is 10.5. The molecule has 4 fully saturated rings. The van der Waals surface area contributed by atoms with Gasteiger partial charge in [0.05, 0.1) is 42.6 Å². The third-order valence-electron chi connectivity index (χ3n) is 15.9. The fourth-order valence-electron chi connectivity index (χ4n) is 12.0. The van der Waals surface area contributed by atoms with Crippen molar-refractivity contribution in [1.29, 1.82) is 0 Å². The third kappa shape index (κ3) is 8.68. The molecule has 1 aliphatic heterocycles. The van der Waals surface area contributed by atoms with Crippen molar-refractivity contribution < 1.29 is 72.3 Å². The van der Waals surface area contributed by atoms with Gasteiger partial charge in [0.15, 0.2) is 11.6 Å². The molecule has 16 heteroatoms. The first-order valence-electron chi connectivity index (χ1n) is 23.7. The van der Waals surface area contributed by atoms with Gasteiger partial charge in [-0.05, 0) is 54.8 Å². The van der Waals surface area contributed by atoms with Gasteiger partial charge in [0.25, 0.3) is 5.91 Å². The Bertz CT molecular complexity index is 2600. The number of nitrogens with one attached hydrogen (secondary N) is 1. The number of Topliss-reactive ketones (excluding diaryl/α,β-unsaturated/α-hetero) is 3. The van der Waals surface area contributed by atoms with E-state index in [1.807, 2.05) is 6.92 Å². The number of amides is 1. The summed E-state index contributed by atoms with van der Waals surface area (Å²) in [5.41, 5.74) is -4.48. The summed E-state index contributed by atoms with van der Waals surface area (Å²) in [5.74, 6) is -8.24. The van der Waals surface area contributed by atoms with Crippen molar-refractivity contribution in [2.24, 2.45) is 28.1 Å². The Morgan fingerprint density at radius 3 is 1.94 bits per heavy atom. The van der Waals surface area contributed by atoms with Gasteiger partial charge in [-0.3, -0.25) is 28.8 Å². The Morgan fingerprint density at radius 1 is 0.786 bits per heavy atom. The van der Waals surface area contributed by atoms with E-state index in [-0.39, 0.29) is 42.8 Å². The second-order valence-electron chi connectivity index (χ2n) is 20.3. The van der Waals surface area contributed by atoms with E-state index < -0.39 is 137 Å². The lowest BCUT2D eigenvalue weighted by Crippen LogP contribution is -2.77. The molecule has 1 amide bonds. The smallest absolute Gasteiger partial charge is 0.350 e. The van der Waals surface area contributed by atoms with Crippen molar-refractivity contribution in [2.75, 3.05) is 6.61 Å². The van der Waals surface area contributed by atoms with Gasteiger partial charge in [-0.1, -0.05) is 94.4 Å². The van der Waals surface area contributed by atoms with Crippen molar-refractivity contribution in [3.05, 3.63) is 119 Å². The Labute approximate surface area is 405 Å². The minimum atomic E-state index is -2.13. The van der Waals surface area contributed by atoms with E-state index in [1.165, 1.54) is 0 Å². The topological polar surface area (TPSA) is 235 Å². The summed E-state index contributed by atoms with van der Waals surface area (Å²) in [6.07, 6.45) is -9.93. The number of rotatable bonds is 13. The zero-order valence-corrected chi connectivity index (χ0v) is 40.0. The van der Waals surface area contributed by atoms with Crippen LogP contribution in [-0.2, 0) is 52.5 Å². The average Bonchev–Trinajstić information content (AvgIpc) is 3.66. The second-order valence-corrected chi connectivity index (χ2v) is 20.3. The van der Waals surface area contributed by atoms with Crippen LogP contribution in [0.3, 0.4) is 0 Å². The van der Waals surface area contributed by atoms with Gasteiger partial charge >= 0.3 is 23.9 Å². The van der Waals surface area contributed by atoms with Gasteiger partial charge < -0.3 is 39.2 Å². The number of hydrogen-bond acceptors (Lipinski definition) is 15. The van der Waals surface area contributed by atoms with E-state index >= 15 is 9.59 Å². The molecule has 5 aliphatic rings. The summed E-state index contributed by atoms with van der Waals surface area (Å²) >= 11 is 0. The molecule has 1 heterocycles. The Morgan fingerprint density at radius 2 is 1.36 bits per heavy atom. The van der Waals surface area contributed by atoms with Crippen LogP contribution in [0, 0.1) is 28.1 Å². The standard InChI is InChI=1S/C54H59NO15/c1-29-36(27-54(65)47(70-49(63)33-20-14-9-15-21-33)45-52(5)28-66-38(52)26-37(58)53(45,6)46(61)30(2)41(29)51(54,3)4)67-50(64)44(69-40(60)25-24-39(59)68-43-34(56)22-23-35(43)57)42(31-16-10-7-11-17-31)55-48(62)32-18-12-8-13-19-32/h7-21,30,36-38,42-45,47,58,65H,22-28H2,1-6H3,(H,55,62)/t30-,36+,37+,38-,42?,44?,45-,47?,52-,53-,54-/m1/s1. The molecule has 8 rings (SSSR count). The number of benzene rings is 3. The molecule has 4 aliphatic carbocycles. The van der Waals surface area contributed by atoms with Crippen LogP contribution < -0.4 is 5.32 Å². The number of aliphatic hydroxyl groups is 2. The predicted molar refractivity (Wildman–Crippen MR) is 247 cm³/mol. The van der Waals surface area contributed by atoms with E-state index in [0.717, 1.165) is 0 Å². The number of hydrogen-bond donors (Lipinski definition) is 3. The van der Waals surface area contributed by atoms with Gasteiger partial charge in [-0.15, -0.1) is 0 Å². The number of esters is 4. The van der Waals surface area contributed by atoms with E-state index in [1.54, 1.807) is 126 Å². The molecular formula is C54H59NO15. The highest BCUT2D eigenvalue weighted by Gasteiger charge is 2.75. The number of aliphatic hydroxyl groups excluding tert-OH is 1. The fraction of sp³-hybridized carbons (Fsp3) is 0.481. The first kappa shape index (κ1) is 50.0. The summed E-state index contributed by atoms with van der Waals surface area (Å²) < 4.78 is 29.9. The molecule has 0 radical (unpaired) electrons. The molecule has 3 aromatic carbocycles. The van der Waals surface area contributed by atoms with Crippen LogP contribution in [0.25, 0.3) is 0 Å². The first-order chi connectivity index (χ1) is 33.1. The lowest BCUT2D eigenvalue weighted by atomic mass is 9.41. The molecule has 0 spiro atoms. The molecule has 370 valence electrons. The number of carbonyl (C=O) groups is 8. The fourth-order valence-corrected chi connectivity index (χ4v) is 12.0. The lowest BCUT2D eigenvalue weighted by Gasteiger charge is -2.68. The van der Waals surface area contributed by atoms with E-state index in [0.29, 0.717) is 16.7 Å². The summed E-state index contributed by atoms with van der Waals surface area (Å²) in [5, 5.41) is 28.6. The van der Waals surface area contributed by atoms with Crippen LogP contribution in [0.4, 0.5) is 0 Å². The SMILES string of the molecule is CC1=C2[C@@H](C)C(=O)[C@@]3(C)[C@H](C(OC(=O)c4ccccc4)[C@](O)(C[C@@H]1OC(=O)C(OC(=O)CCC(=O)OC1C(=O)CCC1=O)C(NC(=O)c1ccccc1)c1ccccc1)C2(C)C)[C@]1(C)CO[C@@H]1C[C@@H]3O. The third-order valence-corrected chi connectivity index (χ3v) is 15.9. The average molecular weight is 962 g/mol. The molecule has 3 N–H and O–H groups in total.